The Morgan fingerprint density at radius 2 is 2.20 bits per heavy atom. The maximum absolute atomic E-state index is 9.05. The van der Waals surface area contributed by atoms with Gasteiger partial charge in [0.2, 0.25) is 0 Å². The van der Waals surface area contributed by atoms with Gasteiger partial charge in [-0.3, -0.25) is 4.90 Å². The van der Waals surface area contributed by atoms with Gasteiger partial charge in [0.15, 0.2) is 11.5 Å². The van der Waals surface area contributed by atoms with Crippen LogP contribution in [0.25, 0.3) is 0 Å². The number of ether oxygens (including phenoxy) is 1. The number of hydrogen-bond acceptors (Lipinski definition) is 6. The molecular formula is C14H21N5O. The lowest BCUT2D eigenvalue weighted by molar-refractivity contribution is -0.0850. The second kappa shape index (κ2) is 6.16. The molecule has 2 heterocycles. The van der Waals surface area contributed by atoms with Gasteiger partial charge >= 0.3 is 0 Å². The lowest BCUT2D eigenvalue weighted by Crippen LogP contribution is -2.50. The van der Waals surface area contributed by atoms with Crippen molar-refractivity contribution in [3.63, 3.8) is 0 Å². The minimum absolute atomic E-state index is 0.0822. The van der Waals surface area contributed by atoms with Crippen molar-refractivity contribution in [1.82, 2.24) is 14.9 Å². The maximum atomic E-state index is 9.05. The van der Waals surface area contributed by atoms with Gasteiger partial charge < -0.3 is 9.64 Å². The fourth-order valence-corrected chi connectivity index (χ4v) is 2.39. The van der Waals surface area contributed by atoms with Crippen molar-refractivity contribution in [2.45, 2.75) is 19.4 Å². The maximum Gasteiger partial charge on any atom is 0.183 e. The normalized spacial score (nSPS) is 18.5. The molecule has 1 aromatic rings. The molecule has 1 aliphatic heterocycles. The molecule has 20 heavy (non-hydrogen) atoms. The minimum atomic E-state index is -0.0822. The first-order valence-electron chi connectivity index (χ1n) is 6.80. The quantitative estimate of drug-likeness (QED) is 0.813. The van der Waals surface area contributed by atoms with Gasteiger partial charge in [-0.25, -0.2) is 9.97 Å². The Balaban J connectivity index is 1.92. The van der Waals surface area contributed by atoms with Crippen LogP contribution in [-0.4, -0.2) is 60.3 Å². The summed E-state index contributed by atoms with van der Waals surface area (Å²) in [5.74, 6) is 0.641. The van der Waals surface area contributed by atoms with Crippen molar-refractivity contribution in [3.8, 4) is 6.07 Å². The number of anilines is 1. The largest absolute Gasteiger partial charge is 0.373 e. The van der Waals surface area contributed by atoms with Crippen molar-refractivity contribution >= 4 is 5.82 Å². The third-order valence-corrected chi connectivity index (χ3v) is 3.40. The molecule has 0 spiro atoms. The van der Waals surface area contributed by atoms with Crippen LogP contribution < -0.4 is 4.90 Å². The third-order valence-electron chi connectivity index (χ3n) is 3.40. The average Bonchev–Trinajstić information content (AvgIpc) is 2.43. The molecule has 0 atom stereocenters. The van der Waals surface area contributed by atoms with Gasteiger partial charge in [-0.1, -0.05) is 0 Å². The van der Waals surface area contributed by atoms with Gasteiger partial charge in [-0.05, 0) is 13.8 Å². The number of hydrogen-bond donors (Lipinski definition) is 0. The van der Waals surface area contributed by atoms with E-state index in [1.165, 1.54) is 0 Å². The van der Waals surface area contributed by atoms with Gasteiger partial charge in [0.05, 0.1) is 12.2 Å². The number of nitriles is 1. The van der Waals surface area contributed by atoms with Gasteiger partial charge in [-0.15, -0.1) is 0 Å². The zero-order chi connectivity index (χ0) is 14.6. The molecule has 1 saturated heterocycles. The number of nitrogens with zero attached hydrogens (tertiary/aromatic N) is 5. The summed E-state index contributed by atoms with van der Waals surface area (Å²) in [6, 6.07) is 2.08. The standard InChI is InChI=1S/C14H21N5O/c1-14(2)11-19(8-9-20-14)7-6-18(3)13-12(10-15)16-4-5-17-13/h4-5H,6-9,11H2,1-3H3. The Morgan fingerprint density at radius 1 is 1.45 bits per heavy atom. The Kier molecular flexibility index (Phi) is 4.53. The smallest absolute Gasteiger partial charge is 0.183 e. The van der Waals surface area contributed by atoms with E-state index in [1.54, 1.807) is 12.4 Å². The fraction of sp³-hybridized carbons (Fsp3) is 0.643. The topological polar surface area (TPSA) is 65.3 Å². The molecule has 0 aliphatic carbocycles. The van der Waals surface area contributed by atoms with Crippen molar-refractivity contribution in [2.75, 3.05) is 44.7 Å². The SMILES string of the molecule is CN(CCN1CCOC(C)(C)C1)c1nccnc1C#N. The minimum Gasteiger partial charge on any atom is -0.373 e. The van der Waals surface area contributed by atoms with Gasteiger partial charge in [-0.2, -0.15) is 5.26 Å². The Bertz CT molecular complexity index is 497. The first-order chi connectivity index (χ1) is 9.52. The second-order valence-electron chi connectivity index (χ2n) is 5.65. The second-order valence-corrected chi connectivity index (χ2v) is 5.65. The fourth-order valence-electron chi connectivity index (χ4n) is 2.39. The van der Waals surface area contributed by atoms with Crippen LogP contribution in [0.15, 0.2) is 12.4 Å². The molecule has 6 heteroatoms. The van der Waals surface area contributed by atoms with Crippen LogP contribution in [0, 0.1) is 11.3 Å². The Labute approximate surface area is 120 Å². The summed E-state index contributed by atoms with van der Waals surface area (Å²) >= 11 is 0. The third kappa shape index (κ3) is 3.65. The molecule has 1 aliphatic rings. The molecule has 0 bridgehead atoms. The lowest BCUT2D eigenvalue weighted by Gasteiger charge is -2.38. The van der Waals surface area contributed by atoms with Crippen molar-refractivity contribution in [2.24, 2.45) is 0 Å². The Morgan fingerprint density at radius 3 is 2.90 bits per heavy atom. The van der Waals surface area contributed by atoms with Crippen LogP contribution in [0.1, 0.15) is 19.5 Å². The van der Waals surface area contributed by atoms with Crippen LogP contribution in [0.5, 0.6) is 0 Å². The van der Waals surface area contributed by atoms with E-state index < -0.39 is 0 Å². The zero-order valence-electron chi connectivity index (χ0n) is 12.3. The van der Waals surface area contributed by atoms with E-state index in [1.807, 2.05) is 11.9 Å². The first-order valence-corrected chi connectivity index (χ1v) is 6.80. The van der Waals surface area contributed by atoms with Gasteiger partial charge in [0.25, 0.3) is 0 Å². The van der Waals surface area contributed by atoms with E-state index in [9.17, 15) is 0 Å². The molecule has 0 amide bonds. The first kappa shape index (κ1) is 14.7. The van der Waals surface area contributed by atoms with Gasteiger partial charge in [0.1, 0.15) is 6.07 Å². The molecule has 0 aromatic carbocycles. The molecular weight excluding hydrogens is 254 g/mol. The molecule has 6 nitrogen and oxygen atoms in total. The van der Waals surface area contributed by atoms with Crippen molar-refractivity contribution in [1.29, 1.82) is 5.26 Å². The summed E-state index contributed by atoms with van der Waals surface area (Å²) in [6.45, 7) is 8.59. The van der Waals surface area contributed by atoms with Crippen LogP contribution in [0.3, 0.4) is 0 Å². The molecule has 2 rings (SSSR count). The highest BCUT2D eigenvalue weighted by atomic mass is 16.5. The molecule has 1 fully saturated rings. The van der Waals surface area contributed by atoms with E-state index in [-0.39, 0.29) is 5.60 Å². The van der Waals surface area contributed by atoms with E-state index in [2.05, 4.69) is 34.8 Å². The zero-order valence-corrected chi connectivity index (χ0v) is 12.3. The lowest BCUT2D eigenvalue weighted by atomic mass is 10.1. The number of rotatable bonds is 4. The highest BCUT2D eigenvalue weighted by molar-refractivity contribution is 5.48. The monoisotopic (exact) mass is 275 g/mol. The summed E-state index contributed by atoms with van der Waals surface area (Å²) in [7, 11) is 1.94. The van der Waals surface area contributed by atoms with Crippen LogP contribution in [-0.2, 0) is 4.74 Å². The molecule has 0 N–H and O–H groups in total. The summed E-state index contributed by atoms with van der Waals surface area (Å²) in [5.41, 5.74) is 0.290. The number of aromatic nitrogens is 2. The number of likely N-dealkylation sites (N-methyl/N-ethyl adjacent to an activating group) is 1. The summed E-state index contributed by atoms with van der Waals surface area (Å²) < 4.78 is 5.70. The van der Waals surface area contributed by atoms with Crippen molar-refractivity contribution in [3.05, 3.63) is 18.1 Å². The highest BCUT2D eigenvalue weighted by Gasteiger charge is 2.27. The van der Waals surface area contributed by atoms with Crippen LogP contribution in [0.2, 0.25) is 0 Å². The van der Waals surface area contributed by atoms with E-state index in [0.717, 1.165) is 32.8 Å². The summed E-state index contributed by atoms with van der Waals surface area (Å²) in [4.78, 5) is 12.6. The molecule has 0 radical (unpaired) electrons. The van der Waals surface area contributed by atoms with Crippen molar-refractivity contribution < 1.29 is 4.74 Å². The average molecular weight is 275 g/mol. The van der Waals surface area contributed by atoms with Crippen LogP contribution in [0.4, 0.5) is 5.82 Å². The molecule has 1 aromatic heterocycles. The predicted octanol–water partition coefficient (Wildman–Crippen LogP) is 0.895. The number of morpholine rings is 1. The Hall–Kier alpha value is -1.71. The summed E-state index contributed by atoms with van der Waals surface area (Å²) in [5, 5.41) is 9.05. The molecule has 0 unspecified atom stereocenters. The van der Waals surface area contributed by atoms with E-state index in [0.29, 0.717) is 11.5 Å². The van der Waals surface area contributed by atoms with E-state index >= 15 is 0 Å². The van der Waals surface area contributed by atoms with Gasteiger partial charge in [0, 0.05) is 45.6 Å². The molecule has 0 saturated carbocycles. The predicted molar refractivity (Wildman–Crippen MR) is 76.5 cm³/mol. The molecule has 108 valence electrons. The van der Waals surface area contributed by atoms with Crippen LogP contribution >= 0.6 is 0 Å². The highest BCUT2D eigenvalue weighted by Crippen LogP contribution is 2.17. The summed E-state index contributed by atoms with van der Waals surface area (Å²) in [6.07, 6.45) is 3.16. The van der Waals surface area contributed by atoms with E-state index in [4.69, 9.17) is 10.00 Å².